The fraction of sp³-hybridized carbons (Fsp3) is 0.310. The van der Waals surface area contributed by atoms with Gasteiger partial charge in [-0.3, -0.25) is 4.79 Å². The largest absolute Gasteiger partial charge is 0.480 e. The van der Waals surface area contributed by atoms with E-state index in [1.54, 1.807) is 49.4 Å². The van der Waals surface area contributed by atoms with Crippen LogP contribution >= 0.6 is 0 Å². The highest BCUT2D eigenvalue weighted by atomic mass is 32.2. The van der Waals surface area contributed by atoms with Crippen LogP contribution in [0.5, 0.6) is 5.75 Å². The third kappa shape index (κ3) is 5.88. The zero-order valence-corrected chi connectivity index (χ0v) is 23.0. The van der Waals surface area contributed by atoms with Crippen molar-refractivity contribution in [2.75, 3.05) is 11.1 Å². The second kappa shape index (κ2) is 10.6. The van der Waals surface area contributed by atoms with Crippen LogP contribution in [0.25, 0.3) is 11.0 Å². The van der Waals surface area contributed by atoms with E-state index >= 15 is 0 Å². The van der Waals surface area contributed by atoms with Crippen LogP contribution in [0.1, 0.15) is 52.0 Å². The highest BCUT2D eigenvalue weighted by Gasteiger charge is 2.31. The number of sulfone groups is 1. The number of nitrogens with one attached hydrogen (secondary N) is 1. The molecule has 0 aliphatic rings. The van der Waals surface area contributed by atoms with Crippen molar-refractivity contribution in [1.29, 1.82) is 0 Å². The Labute approximate surface area is 222 Å². The number of rotatable bonds is 9. The Morgan fingerprint density at radius 1 is 1.05 bits per heavy atom. The van der Waals surface area contributed by atoms with Crippen molar-refractivity contribution in [3.8, 4) is 5.75 Å². The van der Waals surface area contributed by atoms with Crippen LogP contribution in [0.3, 0.4) is 0 Å². The summed E-state index contributed by atoms with van der Waals surface area (Å²) in [4.78, 5) is 17.5. The normalized spacial score (nSPS) is 12.2. The van der Waals surface area contributed by atoms with Gasteiger partial charge < -0.3 is 14.6 Å². The first-order valence-electron chi connectivity index (χ1n) is 12.5. The summed E-state index contributed by atoms with van der Waals surface area (Å²) in [5.74, 6) is 0.748. The fourth-order valence-corrected chi connectivity index (χ4v) is 5.22. The molecule has 0 radical (unpaired) electrons. The molecule has 1 aromatic heterocycles. The first-order valence-corrected chi connectivity index (χ1v) is 14.1. The third-order valence-electron chi connectivity index (χ3n) is 6.24. The van der Waals surface area contributed by atoms with Crippen molar-refractivity contribution in [3.05, 3.63) is 83.9 Å². The summed E-state index contributed by atoms with van der Waals surface area (Å²) in [5.41, 5.74) is 1.92. The van der Waals surface area contributed by atoms with Crippen LogP contribution in [0, 0.1) is 5.82 Å². The van der Waals surface area contributed by atoms with E-state index in [-0.39, 0.29) is 34.8 Å². The molecular formula is C29H32FN3O4S. The van der Waals surface area contributed by atoms with Crippen LogP contribution in [-0.2, 0) is 26.7 Å². The molecule has 0 unspecified atom stereocenters. The molecule has 3 aromatic carbocycles. The molecular weight excluding hydrogens is 505 g/mol. The van der Waals surface area contributed by atoms with Gasteiger partial charge in [-0.15, -0.1) is 0 Å². The molecule has 0 aliphatic heterocycles. The summed E-state index contributed by atoms with van der Waals surface area (Å²) in [6.45, 7) is 9.51. The van der Waals surface area contributed by atoms with Crippen LogP contribution < -0.4 is 10.1 Å². The van der Waals surface area contributed by atoms with Gasteiger partial charge in [0.15, 0.2) is 21.3 Å². The lowest BCUT2D eigenvalue weighted by molar-refractivity contribution is -0.115. The van der Waals surface area contributed by atoms with E-state index in [1.165, 1.54) is 24.3 Å². The van der Waals surface area contributed by atoms with E-state index < -0.39 is 15.4 Å². The van der Waals surface area contributed by atoms with Gasteiger partial charge in [0.2, 0.25) is 5.91 Å². The van der Waals surface area contributed by atoms with E-state index in [1.807, 2.05) is 32.3 Å². The maximum Gasteiger partial charge on any atom is 0.228 e. The minimum Gasteiger partial charge on any atom is -0.480 e. The number of halogens is 1. The van der Waals surface area contributed by atoms with Crippen molar-refractivity contribution in [2.45, 2.75) is 57.6 Å². The minimum atomic E-state index is -3.28. The summed E-state index contributed by atoms with van der Waals surface area (Å²) in [6, 6.07) is 18.1. The van der Waals surface area contributed by atoms with Gasteiger partial charge in [-0.2, -0.15) is 0 Å². The summed E-state index contributed by atoms with van der Waals surface area (Å²) < 4.78 is 46.1. The van der Waals surface area contributed by atoms with Gasteiger partial charge in [0.05, 0.1) is 28.1 Å². The molecule has 1 amide bonds. The molecule has 0 aliphatic carbocycles. The number of fused-ring (bicyclic) bond motifs is 1. The quantitative estimate of drug-likeness (QED) is 0.281. The van der Waals surface area contributed by atoms with Crippen LogP contribution in [0.2, 0.25) is 0 Å². The smallest absolute Gasteiger partial charge is 0.228 e. The number of amides is 1. The number of hydrogen-bond donors (Lipinski definition) is 1. The maximum atomic E-state index is 13.8. The Bertz CT molecular complexity index is 1560. The van der Waals surface area contributed by atoms with Gasteiger partial charge in [-0.25, -0.2) is 17.8 Å². The van der Waals surface area contributed by atoms with Crippen molar-refractivity contribution in [3.63, 3.8) is 0 Å². The maximum absolute atomic E-state index is 13.8. The molecule has 4 rings (SSSR count). The van der Waals surface area contributed by atoms with Gasteiger partial charge >= 0.3 is 0 Å². The Morgan fingerprint density at radius 2 is 1.71 bits per heavy atom. The SMILES string of the molecule is CCS(=O)(=O)c1ccc(CC(=O)Nc2ccc(OC(C)(C)c3nc4cc(F)ccc4n3C(C)C)cc2)cc1. The average molecular weight is 538 g/mol. The molecule has 1 heterocycles. The molecule has 38 heavy (non-hydrogen) atoms. The van der Waals surface area contributed by atoms with Gasteiger partial charge in [-0.05, 0) is 81.8 Å². The summed E-state index contributed by atoms with van der Waals surface area (Å²) >= 11 is 0. The van der Waals surface area contributed by atoms with E-state index in [4.69, 9.17) is 9.72 Å². The number of nitrogens with zero attached hydrogens (tertiary/aromatic N) is 2. The predicted molar refractivity (Wildman–Crippen MR) is 147 cm³/mol. The molecule has 9 heteroatoms. The molecule has 0 fully saturated rings. The number of anilines is 1. The second-order valence-corrected chi connectivity index (χ2v) is 12.2. The monoisotopic (exact) mass is 537 g/mol. The number of ether oxygens (including phenoxy) is 1. The molecule has 0 spiro atoms. The Balaban J connectivity index is 1.44. The highest BCUT2D eigenvalue weighted by molar-refractivity contribution is 7.91. The van der Waals surface area contributed by atoms with E-state index in [0.29, 0.717) is 28.3 Å². The predicted octanol–water partition coefficient (Wildman–Crippen LogP) is 6.05. The molecule has 0 saturated carbocycles. The van der Waals surface area contributed by atoms with Gasteiger partial charge in [0, 0.05) is 17.8 Å². The first kappa shape index (κ1) is 27.3. The average Bonchev–Trinajstić information content (AvgIpc) is 3.25. The van der Waals surface area contributed by atoms with Crippen LogP contribution in [0.4, 0.5) is 10.1 Å². The fourth-order valence-electron chi connectivity index (χ4n) is 4.34. The molecule has 4 aromatic rings. The lowest BCUT2D eigenvalue weighted by Crippen LogP contribution is -2.30. The summed E-state index contributed by atoms with van der Waals surface area (Å²) in [7, 11) is -3.28. The lowest BCUT2D eigenvalue weighted by Gasteiger charge is -2.28. The number of benzene rings is 3. The highest BCUT2D eigenvalue weighted by Crippen LogP contribution is 2.33. The van der Waals surface area contributed by atoms with Gasteiger partial charge in [0.25, 0.3) is 0 Å². The molecule has 200 valence electrons. The third-order valence-corrected chi connectivity index (χ3v) is 8.00. The van der Waals surface area contributed by atoms with Crippen LogP contribution in [-0.4, -0.2) is 29.6 Å². The summed E-state index contributed by atoms with van der Waals surface area (Å²) in [6.07, 6.45) is 0.115. The Hall–Kier alpha value is -3.72. The number of aromatic nitrogens is 2. The van der Waals surface area contributed by atoms with E-state index in [0.717, 1.165) is 5.52 Å². The van der Waals surface area contributed by atoms with E-state index in [9.17, 15) is 17.6 Å². The lowest BCUT2D eigenvalue weighted by atomic mass is 10.1. The van der Waals surface area contributed by atoms with Crippen LogP contribution in [0.15, 0.2) is 71.6 Å². The zero-order chi connectivity index (χ0) is 27.7. The van der Waals surface area contributed by atoms with Gasteiger partial charge in [0.1, 0.15) is 11.6 Å². The molecule has 0 bridgehead atoms. The second-order valence-electron chi connectivity index (χ2n) is 9.94. The minimum absolute atomic E-state index is 0.0292. The Morgan fingerprint density at radius 3 is 2.32 bits per heavy atom. The zero-order valence-electron chi connectivity index (χ0n) is 22.2. The molecule has 7 nitrogen and oxygen atoms in total. The number of carbonyl (C=O) groups excluding carboxylic acids is 1. The summed E-state index contributed by atoms with van der Waals surface area (Å²) in [5, 5.41) is 2.85. The van der Waals surface area contributed by atoms with E-state index in [2.05, 4.69) is 5.32 Å². The molecule has 0 saturated heterocycles. The number of hydrogen-bond acceptors (Lipinski definition) is 5. The van der Waals surface area contributed by atoms with Crippen molar-refractivity contribution in [1.82, 2.24) is 9.55 Å². The van der Waals surface area contributed by atoms with Gasteiger partial charge in [-0.1, -0.05) is 19.1 Å². The van der Waals surface area contributed by atoms with Crippen molar-refractivity contribution >= 4 is 32.5 Å². The van der Waals surface area contributed by atoms with Crippen molar-refractivity contribution < 1.29 is 22.3 Å². The molecule has 1 N–H and O–H groups in total. The van der Waals surface area contributed by atoms with Crippen molar-refractivity contribution in [2.24, 2.45) is 0 Å². The standard InChI is InChI=1S/C29H32FN3O4S/c1-6-38(35,36)24-14-7-20(8-15-24)17-27(34)31-22-10-12-23(13-11-22)37-29(4,5)28-32-25-18-21(30)9-16-26(25)33(28)19(2)3/h7-16,18-19H,6,17H2,1-5H3,(H,31,34). The first-order chi connectivity index (χ1) is 17.9. The Kier molecular flexibility index (Phi) is 7.60. The molecule has 0 atom stereocenters. The number of carbonyl (C=O) groups is 1. The topological polar surface area (TPSA) is 90.3 Å². The number of imidazole rings is 1.